The summed E-state index contributed by atoms with van der Waals surface area (Å²) in [6, 6.07) is 7.61. The van der Waals surface area contributed by atoms with E-state index in [0.29, 0.717) is 11.5 Å². The number of aromatic nitrogens is 5. The lowest BCUT2D eigenvalue weighted by Crippen LogP contribution is -2.17. The summed E-state index contributed by atoms with van der Waals surface area (Å²) in [5.74, 6) is 1.58. The van der Waals surface area contributed by atoms with Crippen LogP contribution in [-0.4, -0.2) is 31.3 Å². The first-order valence-electron chi connectivity index (χ1n) is 7.66. The summed E-state index contributed by atoms with van der Waals surface area (Å²) in [6.45, 7) is 4.27. The number of benzene rings is 1. The van der Waals surface area contributed by atoms with Crippen LogP contribution in [0.15, 0.2) is 24.3 Å². The second-order valence-corrected chi connectivity index (χ2v) is 5.86. The molecule has 8 heteroatoms. The van der Waals surface area contributed by atoms with Crippen LogP contribution in [0.2, 0.25) is 0 Å². The van der Waals surface area contributed by atoms with Crippen molar-refractivity contribution in [3.8, 4) is 17.0 Å². The predicted molar refractivity (Wildman–Crippen MR) is 86.8 cm³/mol. The van der Waals surface area contributed by atoms with E-state index in [1.807, 2.05) is 38.1 Å². The molecule has 3 heterocycles. The minimum absolute atomic E-state index is 0.202. The van der Waals surface area contributed by atoms with E-state index in [0.717, 1.165) is 22.6 Å². The van der Waals surface area contributed by atoms with Crippen LogP contribution in [0.4, 0.5) is 5.95 Å². The van der Waals surface area contributed by atoms with Crippen LogP contribution in [0.25, 0.3) is 11.3 Å². The third kappa shape index (κ3) is 2.32. The van der Waals surface area contributed by atoms with Crippen molar-refractivity contribution in [3.05, 3.63) is 41.3 Å². The number of amides is 1. The normalized spacial score (nSPS) is 12.5. The highest BCUT2D eigenvalue weighted by molar-refractivity contribution is 6.04. The second kappa shape index (κ2) is 5.48. The van der Waals surface area contributed by atoms with E-state index in [9.17, 15) is 4.79 Å². The molecule has 0 spiro atoms. The first-order chi connectivity index (χ1) is 11.6. The Kier molecular flexibility index (Phi) is 3.30. The van der Waals surface area contributed by atoms with Crippen LogP contribution in [0, 0.1) is 0 Å². The zero-order valence-electron chi connectivity index (χ0n) is 13.3. The van der Waals surface area contributed by atoms with Gasteiger partial charge in [-0.2, -0.15) is 10.1 Å². The lowest BCUT2D eigenvalue weighted by atomic mass is 10.0. The maximum atomic E-state index is 12.5. The molecule has 3 N–H and O–H groups in total. The standard InChI is InChI=1S/C16H16N6O2/c1-8(2)14-17-16(22-21-14)18-15(23)13-10-7-24-11-6-4-3-5-9(11)12(10)19-20-13/h3-6,8H,7H2,1-2H3,(H,19,20)(H2,17,18,21,22,23). The van der Waals surface area contributed by atoms with Gasteiger partial charge < -0.3 is 4.74 Å². The molecular weight excluding hydrogens is 308 g/mol. The van der Waals surface area contributed by atoms with Crippen molar-refractivity contribution in [2.45, 2.75) is 26.4 Å². The van der Waals surface area contributed by atoms with Crippen molar-refractivity contribution in [2.24, 2.45) is 0 Å². The molecular formula is C16H16N6O2. The van der Waals surface area contributed by atoms with Crippen molar-refractivity contribution in [2.75, 3.05) is 5.32 Å². The third-order valence-corrected chi connectivity index (χ3v) is 3.88. The highest BCUT2D eigenvalue weighted by Gasteiger charge is 2.26. The van der Waals surface area contributed by atoms with E-state index in [1.165, 1.54) is 0 Å². The molecule has 122 valence electrons. The Hall–Kier alpha value is -3.16. The monoisotopic (exact) mass is 324 g/mol. The molecule has 1 aromatic carbocycles. The Balaban J connectivity index is 1.62. The molecule has 24 heavy (non-hydrogen) atoms. The summed E-state index contributed by atoms with van der Waals surface area (Å²) >= 11 is 0. The topological polar surface area (TPSA) is 109 Å². The van der Waals surface area contributed by atoms with Gasteiger partial charge in [-0.1, -0.05) is 26.0 Å². The SMILES string of the molecule is CC(C)c1nc(NC(=O)c2[nH]nc3c2COc2ccccc2-3)n[nH]1. The molecule has 0 saturated carbocycles. The lowest BCUT2D eigenvalue weighted by molar-refractivity contribution is 0.101. The fourth-order valence-electron chi connectivity index (χ4n) is 2.61. The number of nitrogens with zero attached hydrogens (tertiary/aromatic N) is 3. The molecule has 3 aromatic rings. The van der Waals surface area contributed by atoms with Gasteiger partial charge in [0.2, 0.25) is 5.95 Å². The van der Waals surface area contributed by atoms with Gasteiger partial charge in [-0.25, -0.2) is 0 Å². The van der Waals surface area contributed by atoms with Gasteiger partial charge >= 0.3 is 0 Å². The van der Waals surface area contributed by atoms with Crippen LogP contribution < -0.4 is 10.1 Å². The minimum Gasteiger partial charge on any atom is -0.488 e. The van der Waals surface area contributed by atoms with E-state index in [2.05, 4.69) is 30.7 Å². The van der Waals surface area contributed by atoms with E-state index < -0.39 is 0 Å². The van der Waals surface area contributed by atoms with E-state index in [-0.39, 0.29) is 24.4 Å². The maximum Gasteiger partial charge on any atom is 0.276 e. The van der Waals surface area contributed by atoms with Gasteiger partial charge in [-0.15, -0.1) is 5.10 Å². The number of nitrogens with one attached hydrogen (secondary N) is 3. The van der Waals surface area contributed by atoms with Gasteiger partial charge in [0.1, 0.15) is 29.6 Å². The lowest BCUT2D eigenvalue weighted by Gasteiger charge is -2.16. The molecule has 4 rings (SSSR count). The molecule has 0 aliphatic carbocycles. The van der Waals surface area contributed by atoms with Gasteiger partial charge in [-0.3, -0.25) is 20.3 Å². The molecule has 0 atom stereocenters. The number of H-pyrrole nitrogens is 2. The fraction of sp³-hybridized carbons (Fsp3) is 0.250. The molecule has 1 amide bonds. The quantitative estimate of drug-likeness (QED) is 0.686. The molecule has 0 fully saturated rings. The molecule has 0 radical (unpaired) electrons. The summed E-state index contributed by atoms with van der Waals surface area (Å²) < 4.78 is 5.71. The molecule has 0 bridgehead atoms. The number of hydrogen-bond donors (Lipinski definition) is 3. The van der Waals surface area contributed by atoms with Crippen LogP contribution in [0.1, 0.15) is 41.6 Å². The van der Waals surface area contributed by atoms with Crippen molar-refractivity contribution in [1.29, 1.82) is 0 Å². The van der Waals surface area contributed by atoms with E-state index in [4.69, 9.17) is 4.74 Å². The van der Waals surface area contributed by atoms with E-state index in [1.54, 1.807) is 0 Å². The predicted octanol–water partition coefficient (Wildman–Crippen LogP) is 2.46. The van der Waals surface area contributed by atoms with E-state index >= 15 is 0 Å². The Morgan fingerprint density at radius 2 is 2.08 bits per heavy atom. The van der Waals surface area contributed by atoms with Gasteiger partial charge in [-0.05, 0) is 12.1 Å². The van der Waals surface area contributed by atoms with Crippen molar-refractivity contribution in [3.63, 3.8) is 0 Å². The number of carbonyl (C=O) groups excluding carboxylic acids is 1. The van der Waals surface area contributed by atoms with Crippen LogP contribution in [0.3, 0.4) is 0 Å². The fourth-order valence-corrected chi connectivity index (χ4v) is 2.61. The van der Waals surface area contributed by atoms with Crippen molar-refractivity contribution >= 4 is 11.9 Å². The van der Waals surface area contributed by atoms with Gasteiger partial charge in [0.25, 0.3) is 5.91 Å². The minimum atomic E-state index is -0.346. The number of para-hydroxylation sites is 1. The van der Waals surface area contributed by atoms with Crippen molar-refractivity contribution in [1.82, 2.24) is 25.4 Å². The molecule has 1 aliphatic heterocycles. The largest absolute Gasteiger partial charge is 0.488 e. The zero-order chi connectivity index (χ0) is 16.7. The summed E-state index contributed by atoms with van der Waals surface area (Å²) in [7, 11) is 0. The number of aromatic amines is 2. The summed E-state index contributed by atoms with van der Waals surface area (Å²) in [4.78, 5) is 16.7. The number of rotatable bonds is 3. The number of ether oxygens (including phenoxy) is 1. The Labute approximate surface area is 137 Å². The summed E-state index contributed by atoms with van der Waals surface area (Å²) in [5.41, 5.74) is 2.69. The van der Waals surface area contributed by atoms with Crippen LogP contribution in [-0.2, 0) is 6.61 Å². The van der Waals surface area contributed by atoms with Crippen LogP contribution >= 0.6 is 0 Å². The van der Waals surface area contributed by atoms with Crippen LogP contribution in [0.5, 0.6) is 5.75 Å². The van der Waals surface area contributed by atoms with Gasteiger partial charge in [0.15, 0.2) is 0 Å². The first kappa shape index (κ1) is 14.4. The van der Waals surface area contributed by atoms with Crippen molar-refractivity contribution < 1.29 is 9.53 Å². The summed E-state index contributed by atoms with van der Waals surface area (Å²) in [6.07, 6.45) is 0. The number of carbonyl (C=O) groups is 1. The highest BCUT2D eigenvalue weighted by Crippen LogP contribution is 2.37. The smallest absolute Gasteiger partial charge is 0.276 e. The molecule has 1 aliphatic rings. The number of fused-ring (bicyclic) bond motifs is 3. The molecule has 0 saturated heterocycles. The first-order valence-corrected chi connectivity index (χ1v) is 7.66. The average Bonchev–Trinajstić information content (AvgIpc) is 3.21. The Morgan fingerprint density at radius 1 is 1.25 bits per heavy atom. The molecule has 8 nitrogen and oxygen atoms in total. The Morgan fingerprint density at radius 3 is 2.88 bits per heavy atom. The van der Waals surface area contributed by atoms with Gasteiger partial charge in [0.05, 0.1) is 0 Å². The highest BCUT2D eigenvalue weighted by atomic mass is 16.5. The zero-order valence-corrected chi connectivity index (χ0v) is 13.3. The average molecular weight is 324 g/mol. The summed E-state index contributed by atoms with van der Waals surface area (Å²) in [5, 5.41) is 16.6. The second-order valence-electron chi connectivity index (χ2n) is 5.86. The third-order valence-electron chi connectivity index (χ3n) is 3.88. The molecule has 2 aromatic heterocycles. The maximum absolute atomic E-state index is 12.5. The number of hydrogen-bond acceptors (Lipinski definition) is 5. The number of anilines is 1. The Bertz CT molecular complexity index is 911. The van der Waals surface area contributed by atoms with Gasteiger partial charge in [0, 0.05) is 17.0 Å². The molecule has 0 unspecified atom stereocenters.